The van der Waals surface area contributed by atoms with Crippen molar-refractivity contribution >= 4 is 5.71 Å². The summed E-state index contributed by atoms with van der Waals surface area (Å²) in [5.74, 6) is 4.01. The Morgan fingerprint density at radius 1 is 1.07 bits per heavy atom. The van der Waals surface area contributed by atoms with Gasteiger partial charge in [-0.2, -0.15) is 5.84 Å². The van der Waals surface area contributed by atoms with Gasteiger partial charge in [-0.15, -0.1) is 0 Å². The molecule has 0 saturated carbocycles. The number of hydrogen-bond acceptors (Lipinski definition) is 6. The van der Waals surface area contributed by atoms with Gasteiger partial charge in [-0.25, -0.2) is 0 Å². The highest BCUT2D eigenvalue weighted by Gasteiger charge is 2.40. The predicted octanol–water partition coefficient (Wildman–Crippen LogP) is 0.725. The molecule has 1 heterocycles. The summed E-state index contributed by atoms with van der Waals surface area (Å²) in [6, 6.07) is 17.4. The smallest absolute Gasteiger partial charge is 0.287 e. The van der Waals surface area contributed by atoms with E-state index in [0.717, 1.165) is 16.8 Å². The molecule has 0 fully saturated rings. The van der Waals surface area contributed by atoms with E-state index in [1.165, 1.54) is 0 Å². The standard InChI is InChI=1S/C22H26N7O/c23-22(24,25)16-8-4-5-14(11-16)13-27-21-18-12-17(29(26)30)9-10-19(18)28-20(21)15-6-2-1-3-7-15/h1-12,18-19,21,27H,13,23-25H2,(H2,26,30)/q+1. The zero-order valence-corrected chi connectivity index (χ0v) is 16.5. The number of nitroso groups, excluding NO2 is 1. The predicted molar refractivity (Wildman–Crippen MR) is 117 cm³/mol. The number of benzene rings is 2. The minimum atomic E-state index is -1.39. The highest BCUT2D eigenvalue weighted by Crippen LogP contribution is 2.32. The second-order valence-corrected chi connectivity index (χ2v) is 7.72. The second-order valence-electron chi connectivity index (χ2n) is 7.72. The molecule has 0 bridgehead atoms. The van der Waals surface area contributed by atoms with Crippen molar-refractivity contribution in [2.75, 3.05) is 0 Å². The van der Waals surface area contributed by atoms with Crippen molar-refractivity contribution in [3.63, 3.8) is 0 Å². The molecule has 3 atom stereocenters. The lowest BCUT2D eigenvalue weighted by Crippen LogP contribution is -2.54. The van der Waals surface area contributed by atoms with Gasteiger partial charge in [0.2, 0.25) is 0 Å². The van der Waals surface area contributed by atoms with Crippen LogP contribution in [0.5, 0.6) is 0 Å². The van der Waals surface area contributed by atoms with E-state index in [2.05, 4.69) is 5.32 Å². The van der Waals surface area contributed by atoms with E-state index in [9.17, 15) is 4.91 Å². The van der Waals surface area contributed by atoms with Crippen molar-refractivity contribution in [2.45, 2.75) is 24.4 Å². The fourth-order valence-corrected chi connectivity index (χ4v) is 3.94. The van der Waals surface area contributed by atoms with Crippen LogP contribution in [0.3, 0.4) is 0 Å². The molecule has 2 aromatic carbocycles. The summed E-state index contributed by atoms with van der Waals surface area (Å²) in [4.78, 5) is 16.9. The Labute approximate surface area is 174 Å². The average molecular weight is 404 g/mol. The molecule has 30 heavy (non-hydrogen) atoms. The maximum Gasteiger partial charge on any atom is 0.287 e. The van der Waals surface area contributed by atoms with Crippen LogP contribution in [0, 0.1) is 10.8 Å². The molecule has 8 heteroatoms. The first kappa shape index (κ1) is 20.1. The van der Waals surface area contributed by atoms with Gasteiger partial charge >= 0.3 is 0 Å². The van der Waals surface area contributed by atoms with E-state index in [1.807, 2.05) is 60.7 Å². The Balaban J connectivity index is 1.62. The molecule has 3 unspecified atom stereocenters. The fraction of sp³-hybridized carbons (Fsp3) is 0.227. The Hall–Kier alpha value is -3.17. The number of hydrogen-bond donors (Lipinski definition) is 5. The number of fused-ring (bicyclic) bond motifs is 1. The van der Waals surface area contributed by atoms with Gasteiger partial charge in [0.1, 0.15) is 5.79 Å². The molecule has 2 aliphatic rings. The van der Waals surface area contributed by atoms with Gasteiger partial charge < -0.3 is 5.32 Å². The minimum absolute atomic E-state index is 0.0268. The third kappa shape index (κ3) is 4.07. The normalized spacial score (nSPS) is 23.0. The lowest BCUT2D eigenvalue weighted by Gasteiger charge is -2.24. The minimum Gasteiger partial charge on any atom is -0.304 e. The number of rotatable bonds is 6. The maximum atomic E-state index is 11.6. The summed E-state index contributed by atoms with van der Waals surface area (Å²) >= 11 is 0. The first-order valence-electron chi connectivity index (χ1n) is 9.77. The summed E-state index contributed by atoms with van der Waals surface area (Å²) < 4.78 is 0. The molecule has 0 spiro atoms. The van der Waals surface area contributed by atoms with Gasteiger partial charge in [0.15, 0.2) is 4.87 Å². The molecular weight excluding hydrogens is 378 g/mol. The molecule has 0 amide bonds. The number of aliphatic imine (C=N–C) groups is 1. The van der Waals surface area contributed by atoms with Crippen LogP contribution in [0.1, 0.15) is 16.7 Å². The van der Waals surface area contributed by atoms with Crippen molar-refractivity contribution in [1.29, 1.82) is 0 Å². The van der Waals surface area contributed by atoms with Crippen LogP contribution in [0.2, 0.25) is 0 Å². The summed E-state index contributed by atoms with van der Waals surface area (Å²) in [5.41, 5.74) is 21.5. The van der Waals surface area contributed by atoms with Crippen LogP contribution >= 0.6 is 0 Å². The molecule has 9 N–H and O–H groups in total. The van der Waals surface area contributed by atoms with Gasteiger partial charge in [-0.3, -0.25) is 22.2 Å². The van der Waals surface area contributed by atoms with E-state index in [0.29, 0.717) is 22.7 Å². The monoisotopic (exact) mass is 404 g/mol. The van der Waals surface area contributed by atoms with E-state index < -0.39 is 5.79 Å². The van der Waals surface area contributed by atoms with Crippen molar-refractivity contribution in [3.8, 4) is 0 Å². The Kier molecular flexibility index (Phi) is 5.31. The molecule has 0 radical (unpaired) electrons. The molecule has 1 aliphatic carbocycles. The summed E-state index contributed by atoms with van der Waals surface area (Å²) in [5, 5.41) is 3.59. The number of nitrogens with one attached hydrogen (secondary N) is 1. The van der Waals surface area contributed by atoms with Crippen molar-refractivity contribution in [2.24, 2.45) is 34.0 Å². The Morgan fingerprint density at radius 3 is 2.53 bits per heavy atom. The van der Waals surface area contributed by atoms with Crippen molar-refractivity contribution in [3.05, 3.63) is 100 Å². The zero-order chi connectivity index (χ0) is 21.3. The Morgan fingerprint density at radius 2 is 1.83 bits per heavy atom. The Bertz CT molecular complexity index is 1040. The number of hydrazine groups is 1. The number of nitrogens with two attached hydrogens (primary N) is 4. The number of allylic oxidation sites excluding steroid dienone is 1. The van der Waals surface area contributed by atoms with Crippen LogP contribution in [0.4, 0.5) is 0 Å². The van der Waals surface area contributed by atoms with Gasteiger partial charge in [0.05, 0.1) is 22.7 Å². The first-order chi connectivity index (χ1) is 14.3. The molecule has 2 aromatic rings. The van der Waals surface area contributed by atoms with Crippen molar-refractivity contribution < 1.29 is 4.87 Å². The third-order valence-corrected chi connectivity index (χ3v) is 5.47. The molecular formula is C22H26N7O+. The number of nitrogens with zero attached hydrogens (tertiary/aromatic N) is 2. The quantitative estimate of drug-likeness (QED) is 0.207. The summed E-state index contributed by atoms with van der Waals surface area (Å²) in [7, 11) is 0. The lowest BCUT2D eigenvalue weighted by atomic mass is 9.87. The molecule has 1 aliphatic heterocycles. The molecule has 8 nitrogen and oxygen atoms in total. The molecule has 0 saturated heterocycles. The highest BCUT2D eigenvalue weighted by atomic mass is 16.3. The first-order valence-corrected chi connectivity index (χ1v) is 9.77. The summed E-state index contributed by atoms with van der Waals surface area (Å²) in [6.45, 7) is 0.556. The largest absolute Gasteiger partial charge is 0.304 e. The SMILES string of the molecule is N[N+](=O)C1=CC2C(C=C1)N=C(c1ccccc1)C2NCc1cccc(C(N)(N)N)c1. The van der Waals surface area contributed by atoms with Gasteiger partial charge in [-0.05, 0) is 17.2 Å². The lowest BCUT2D eigenvalue weighted by molar-refractivity contribution is -0.506. The van der Waals surface area contributed by atoms with Crippen LogP contribution in [-0.4, -0.2) is 22.7 Å². The third-order valence-electron chi connectivity index (χ3n) is 5.47. The van der Waals surface area contributed by atoms with E-state index in [4.69, 9.17) is 28.0 Å². The van der Waals surface area contributed by atoms with E-state index >= 15 is 0 Å². The van der Waals surface area contributed by atoms with Crippen LogP contribution < -0.4 is 28.4 Å². The molecule has 4 rings (SSSR count). The van der Waals surface area contributed by atoms with Crippen LogP contribution in [-0.2, 0) is 12.3 Å². The van der Waals surface area contributed by atoms with E-state index in [1.54, 1.807) is 12.1 Å². The van der Waals surface area contributed by atoms with Gasteiger partial charge in [0.25, 0.3) is 5.70 Å². The second kappa shape index (κ2) is 7.92. The summed E-state index contributed by atoms with van der Waals surface area (Å²) in [6.07, 6.45) is 5.53. The van der Waals surface area contributed by atoms with Gasteiger partial charge in [-0.1, -0.05) is 54.6 Å². The van der Waals surface area contributed by atoms with E-state index in [-0.39, 0.29) is 18.0 Å². The molecule has 154 valence electrons. The topological polar surface area (TPSA) is 149 Å². The van der Waals surface area contributed by atoms with Crippen LogP contribution in [0.25, 0.3) is 0 Å². The maximum absolute atomic E-state index is 11.6. The highest BCUT2D eigenvalue weighted by molar-refractivity contribution is 6.06. The average Bonchev–Trinajstić information content (AvgIpc) is 3.10. The zero-order valence-electron chi connectivity index (χ0n) is 16.5. The van der Waals surface area contributed by atoms with Crippen molar-refractivity contribution in [1.82, 2.24) is 5.32 Å². The van der Waals surface area contributed by atoms with Gasteiger partial charge in [0, 0.05) is 30.2 Å². The fourth-order valence-electron chi connectivity index (χ4n) is 3.94. The van der Waals surface area contributed by atoms with Crippen LogP contribution in [0.15, 0.2) is 83.5 Å². The molecule has 0 aromatic heterocycles.